The average molecular weight is 221 g/mol. The van der Waals surface area contributed by atoms with Crippen LogP contribution in [0.1, 0.15) is 37.7 Å². The van der Waals surface area contributed by atoms with Crippen molar-refractivity contribution in [1.29, 1.82) is 0 Å². The van der Waals surface area contributed by atoms with Gasteiger partial charge in [0.2, 0.25) is 0 Å². The van der Waals surface area contributed by atoms with Crippen molar-refractivity contribution in [3.05, 3.63) is 23.8 Å². The first-order chi connectivity index (χ1) is 7.65. The van der Waals surface area contributed by atoms with Gasteiger partial charge in [0.15, 0.2) is 0 Å². The van der Waals surface area contributed by atoms with E-state index in [0.717, 1.165) is 37.0 Å². The Hall–Kier alpha value is -1.22. The van der Waals surface area contributed by atoms with Crippen LogP contribution in [0.3, 0.4) is 0 Å². The Bertz CT molecular complexity index is 370. The van der Waals surface area contributed by atoms with Gasteiger partial charge in [-0.25, -0.2) is 0 Å². The second-order valence-corrected chi connectivity index (χ2v) is 4.60. The van der Waals surface area contributed by atoms with Gasteiger partial charge in [-0.2, -0.15) is 0 Å². The highest BCUT2D eigenvalue weighted by Gasteiger charge is 2.31. The zero-order chi connectivity index (χ0) is 11.6. The van der Waals surface area contributed by atoms with Crippen LogP contribution in [0.4, 0.5) is 0 Å². The molecule has 3 heteroatoms. The van der Waals surface area contributed by atoms with Crippen LogP contribution in [0.2, 0.25) is 0 Å². The van der Waals surface area contributed by atoms with Crippen molar-refractivity contribution in [2.45, 2.75) is 37.6 Å². The number of benzene rings is 1. The lowest BCUT2D eigenvalue weighted by molar-refractivity contribution is 0.290. The second kappa shape index (κ2) is 4.34. The van der Waals surface area contributed by atoms with Crippen LogP contribution in [0, 0.1) is 0 Å². The maximum Gasteiger partial charge on any atom is 0.120 e. The highest BCUT2D eigenvalue weighted by Crippen LogP contribution is 2.40. The van der Waals surface area contributed by atoms with E-state index < -0.39 is 0 Å². The number of aromatic hydroxyl groups is 1. The van der Waals surface area contributed by atoms with Crippen LogP contribution >= 0.6 is 0 Å². The fourth-order valence-corrected chi connectivity index (χ4v) is 2.49. The van der Waals surface area contributed by atoms with Gasteiger partial charge in [0, 0.05) is 11.1 Å². The van der Waals surface area contributed by atoms with Gasteiger partial charge in [-0.1, -0.05) is 19.3 Å². The summed E-state index contributed by atoms with van der Waals surface area (Å²) in [5.41, 5.74) is 6.84. The predicted molar refractivity (Wildman–Crippen MR) is 63.6 cm³/mol. The Morgan fingerprint density at radius 1 is 1.25 bits per heavy atom. The molecule has 0 spiro atoms. The summed E-state index contributed by atoms with van der Waals surface area (Å²) in [6.07, 6.45) is 5.38. The van der Waals surface area contributed by atoms with E-state index in [1.165, 1.54) is 6.42 Å². The SMILES string of the molecule is COc1ccc(O)c(C2(N)CCCCC2)c1. The highest BCUT2D eigenvalue weighted by molar-refractivity contribution is 5.43. The van der Waals surface area contributed by atoms with Crippen molar-refractivity contribution >= 4 is 0 Å². The predicted octanol–water partition coefficient (Wildman–Crippen LogP) is 2.52. The number of hydrogen-bond donors (Lipinski definition) is 2. The summed E-state index contributed by atoms with van der Waals surface area (Å²) in [4.78, 5) is 0. The van der Waals surface area contributed by atoms with E-state index in [0.29, 0.717) is 0 Å². The van der Waals surface area contributed by atoms with E-state index in [1.807, 2.05) is 6.07 Å². The van der Waals surface area contributed by atoms with Crippen LogP contribution < -0.4 is 10.5 Å². The highest BCUT2D eigenvalue weighted by atomic mass is 16.5. The molecule has 3 nitrogen and oxygen atoms in total. The van der Waals surface area contributed by atoms with Gasteiger partial charge in [-0.05, 0) is 31.0 Å². The molecule has 1 saturated carbocycles. The molecule has 16 heavy (non-hydrogen) atoms. The fourth-order valence-electron chi connectivity index (χ4n) is 2.49. The van der Waals surface area contributed by atoms with Crippen LogP contribution in [-0.2, 0) is 5.54 Å². The van der Waals surface area contributed by atoms with Gasteiger partial charge in [0.25, 0.3) is 0 Å². The minimum atomic E-state index is -0.378. The summed E-state index contributed by atoms with van der Waals surface area (Å²) in [6.45, 7) is 0. The molecule has 1 aliphatic carbocycles. The molecule has 1 aliphatic rings. The fraction of sp³-hybridized carbons (Fsp3) is 0.538. The molecule has 0 atom stereocenters. The summed E-state index contributed by atoms with van der Waals surface area (Å²) in [7, 11) is 1.63. The van der Waals surface area contributed by atoms with Gasteiger partial charge in [0.1, 0.15) is 11.5 Å². The largest absolute Gasteiger partial charge is 0.508 e. The molecule has 0 saturated heterocycles. The first-order valence-electron chi connectivity index (χ1n) is 5.82. The quantitative estimate of drug-likeness (QED) is 0.806. The van der Waals surface area contributed by atoms with Crippen molar-refractivity contribution in [3.63, 3.8) is 0 Å². The molecule has 0 amide bonds. The monoisotopic (exact) mass is 221 g/mol. The summed E-state index contributed by atoms with van der Waals surface area (Å²) in [5, 5.41) is 9.91. The Kier molecular flexibility index (Phi) is 3.06. The van der Waals surface area contributed by atoms with Crippen LogP contribution in [0.5, 0.6) is 11.5 Å². The topological polar surface area (TPSA) is 55.5 Å². The molecule has 2 rings (SSSR count). The van der Waals surface area contributed by atoms with Crippen molar-refractivity contribution < 1.29 is 9.84 Å². The van der Waals surface area contributed by atoms with E-state index in [-0.39, 0.29) is 11.3 Å². The third-order valence-electron chi connectivity index (χ3n) is 3.49. The number of phenolic OH excluding ortho intramolecular Hbond substituents is 1. The number of phenols is 1. The van der Waals surface area contributed by atoms with Crippen molar-refractivity contribution in [3.8, 4) is 11.5 Å². The zero-order valence-electron chi connectivity index (χ0n) is 9.70. The average Bonchev–Trinajstić information content (AvgIpc) is 2.30. The van der Waals surface area contributed by atoms with Crippen LogP contribution in [0.25, 0.3) is 0 Å². The molecule has 0 heterocycles. The number of ether oxygens (including phenoxy) is 1. The van der Waals surface area contributed by atoms with Crippen molar-refractivity contribution in [2.75, 3.05) is 7.11 Å². The maximum absolute atomic E-state index is 9.91. The lowest BCUT2D eigenvalue weighted by Crippen LogP contribution is -2.38. The molecular formula is C13H19NO2. The summed E-state index contributed by atoms with van der Waals surface area (Å²) in [6, 6.07) is 5.28. The van der Waals surface area contributed by atoms with E-state index in [2.05, 4.69) is 0 Å². The third-order valence-corrected chi connectivity index (χ3v) is 3.49. The van der Waals surface area contributed by atoms with Gasteiger partial charge < -0.3 is 15.6 Å². The third kappa shape index (κ3) is 2.00. The van der Waals surface area contributed by atoms with Gasteiger partial charge >= 0.3 is 0 Å². The lowest BCUT2D eigenvalue weighted by Gasteiger charge is -2.34. The smallest absolute Gasteiger partial charge is 0.120 e. The van der Waals surface area contributed by atoms with E-state index >= 15 is 0 Å². The number of nitrogens with two attached hydrogens (primary N) is 1. The van der Waals surface area contributed by atoms with Crippen molar-refractivity contribution in [2.24, 2.45) is 5.73 Å². The van der Waals surface area contributed by atoms with Gasteiger partial charge in [-0.15, -0.1) is 0 Å². The Labute approximate surface area is 96.2 Å². The van der Waals surface area contributed by atoms with Crippen LogP contribution in [0.15, 0.2) is 18.2 Å². The molecular weight excluding hydrogens is 202 g/mol. The number of hydrogen-bond acceptors (Lipinski definition) is 3. The number of methoxy groups -OCH3 is 1. The molecule has 1 fully saturated rings. The van der Waals surface area contributed by atoms with Gasteiger partial charge in [0.05, 0.1) is 7.11 Å². The molecule has 1 aromatic rings. The minimum absolute atomic E-state index is 0.283. The maximum atomic E-state index is 9.91. The zero-order valence-corrected chi connectivity index (χ0v) is 9.70. The Morgan fingerprint density at radius 3 is 2.56 bits per heavy atom. The first-order valence-corrected chi connectivity index (χ1v) is 5.82. The molecule has 0 radical (unpaired) electrons. The first kappa shape index (κ1) is 11.3. The number of rotatable bonds is 2. The summed E-state index contributed by atoms with van der Waals surface area (Å²) < 4.78 is 5.18. The molecule has 0 aliphatic heterocycles. The van der Waals surface area contributed by atoms with Crippen molar-refractivity contribution in [1.82, 2.24) is 0 Å². The minimum Gasteiger partial charge on any atom is -0.508 e. The normalized spacial score (nSPS) is 19.4. The molecule has 0 unspecified atom stereocenters. The molecule has 1 aromatic carbocycles. The summed E-state index contributed by atoms with van der Waals surface area (Å²) >= 11 is 0. The lowest BCUT2D eigenvalue weighted by atomic mass is 9.77. The Morgan fingerprint density at radius 2 is 1.94 bits per heavy atom. The molecule has 0 aromatic heterocycles. The second-order valence-electron chi connectivity index (χ2n) is 4.60. The van der Waals surface area contributed by atoms with E-state index in [4.69, 9.17) is 10.5 Å². The summed E-state index contributed by atoms with van der Waals surface area (Å²) in [5.74, 6) is 1.04. The van der Waals surface area contributed by atoms with Crippen LogP contribution in [-0.4, -0.2) is 12.2 Å². The van der Waals surface area contributed by atoms with E-state index in [1.54, 1.807) is 19.2 Å². The molecule has 0 bridgehead atoms. The Balaban J connectivity index is 2.37. The molecule has 3 N–H and O–H groups in total. The van der Waals surface area contributed by atoms with E-state index in [9.17, 15) is 5.11 Å². The van der Waals surface area contributed by atoms with Gasteiger partial charge in [-0.3, -0.25) is 0 Å². The standard InChI is InChI=1S/C13H19NO2/c1-16-10-5-6-12(15)11(9-10)13(14)7-3-2-4-8-13/h5-6,9,15H,2-4,7-8,14H2,1H3. The molecule has 88 valence electrons.